The lowest BCUT2D eigenvalue weighted by molar-refractivity contribution is 0.147. The van der Waals surface area contributed by atoms with Crippen molar-refractivity contribution in [3.05, 3.63) is 83.9 Å². The fourth-order valence-corrected chi connectivity index (χ4v) is 2.54. The maximum absolute atomic E-state index is 11.0. The Hall–Kier alpha value is -2.56. The molecule has 20 heavy (non-hydrogen) atoms. The van der Waals surface area contributed by atoms with Crippen molar-refractivity contribution in [2.24, 2.45) is 0 Å². The minimum atomic E-state index is -1.41. The largest absolute Gasteiger partial charge is 0.369 e. The third kappa shape index (κ3) is 1.87. The summed E-state index contributed by atoms with van der Waals surface area (Å²) in [7, 11) is 0. The predicted molar refractivity (Wildman–Crippen MR) is 82.2 cm³/mol. The molecule has 3 aromatic carbocycles. The summed E-state index contributed by atoms with van der Waals surface area (Å²) in [5.41, 5.74) is 0.0328. The molecule has 1 nitrogen and oxygen atoms in total. The van der Waals surface area contributed by atoms with Crippen molar-refractivity contribution in [2.45, 2.75) is 5.60 Å². The maximum Gasteiger partial charge on any atom is 0.177 e. The smallest absolute Gasteiger partial charge is 0.177 e. The minimum absolute atomic E-state index is 0.707. The molecule has 1 heteroatoms. The van der Waals surface area contributed by atoms with Gasteiger partial charge in [0.05, 0.1) is 0 Å². The Balaban J connectivity index is 2.31. The lowest BCUT2D eigenvalue weighted by Gasteiger charge is -2.25. The summed E-state index contributed by atoms with van der Waals surface area (Å²) in [5.74, 6) is 2.56. The van der Waals surface area contributed by atoms with Crippen molar-refractivity contribution in [1.82, 2.24) is 0 Å². The standard InChI is InChI=1S/C19H14O/c1-2-19(20,16-11-4-3-5-12-16)18-14-8-10-15-9-6-7-13-17(15)18/h1,3-14,20H. The molecule has 0 bridgehead atoms. The van der Waals surface area contributed by atoms with Crippen molar-refractivity contribution < 1.29 is 5.11 Å². The van der Waals surface area contributed by atoms with Crippen LogP contribution in [0.5, 0.6) is 0 Å². The number of hydrogen-bond donors (Lipinski definition) is 1. The van der Waals surface area contributed by atoms with E-state index in [4.69, 9.17) is 6.42 Å². The normalized spacial score (nSPS) is 13.6. The molecule has 0 aliphatic rings. The van der Waals surface area contributed by atoms with E-state index >= 15 is 0 Å². The van der Waals surface area contributed by atoms with E-state index in [1.54, 1.807) is 0 Å². The first kappa shape index (κ1) is 12.5. The Bertz CT molecular complexity index is 778. The molecule has 3 aromatic rings. The van der Waals surface area contributed by atoms with Gasteiger partial charge in [-0.25, -0.2) is 0 Å². The van der Waals surface area contributed by atoms with E-state index in [1.165, 1.54) is 0 Å². The zero-order valence-electron chi connectivity index (χ0n) is 11.0. The second-order valence-electron chi connectivity index (χ2n) is 4.75. The molecule has 1 unspecified atom stereocenters. The SMILES string of the molecule is C#CC(O)(c1ccccc1)c1cccc2ccccc12. The predicted octanol–water partition coefficient (Wildman–Crippen LogP) is 3.71. The summed E-state index contributed by atoms with van der Waals surface area (Å²) < 4.78 is 0. The van der Waals surface area contributed by atoms with E-state index in [0.29, 0.717) is 5.56 Å². The molecule has 3 rings (SSSR count). The van der Waals surface area contributed by atoms with Gasteiger partial charge < -0.3 is 5.11 Å². The molecule has 96 valence electrons. The highest BCUT2D eigenvalue weighted by Gasteiger charge is 2.30. The number of rotatable bonds is 2. The van der Waals surface area contributed by atoms with Crippen LogP contribution in [0.15, 0.2) is 72.8 Å². The fraction of sp³-hybridized carbons (Fsp3) is 0.0526. The van der Waals surface area contributed by atoms with Gasteiger partial charge in [-0.2, -0.15) is 0 Å². The van der Waals surface area contributed by atoms with Gasteiger partial charge in [0, 0.05) is 11.1 Å². The second-order valence-corrected chi connectivity index (χ2v) is 4.75. The number of fused-ring (bicyclic) bond motifs is 1. The van der Waals surface area contributed by atoms with Gasteiger partial charge in [-0.1, -0.05) is 78.7 Å². The topological polar surface area (TPSA) is 20.2 Å². The fourth-order valence-electron chi connectivity index (χ4n) is 2.54. The molecule has 0 spiro atoms. The van der Waals surface area contributed by atoms with Crippen LogP contribution >= 0.6 is 0 Å². The molecule has 0 fully saturated rings. The molecular formula is C19H14O. The highest BCUT2D eigenvalue weighted by molar-refractivity contribution is 5.87. The molecule has 0 saturated carbocycles. The molecule has 0 aromatic heterocycles. The third-order valence-electron chi connectivity index (χ3n) is 3.58. The van der Waals surface area contributed by atoms with Crippen LogP contribution in [0, 0.1) is 12.3 Å². The monoisotopic (exact) mass is 258 g/mol. The summed E-state index contributed by atoms with van der Waals surface area (Å²) in [4.78, 5) is 0. The lowest BCUT2D eigenvalue weighted by atomic mass is 9.84. The zero-order valence-corrected chi connectivity index (χ0v) is 11.0. The van der Waals surface area contributed by atoms with E-state index in [1.807, 2.05) is 72.8 Å². The van der Waals surface area contributed by atoms with E-state index in [9.17, 15) is 5.11 Å². The van der Waals surface area contributed by atoms with Crippen LogP contribution in [0.25, 0.3) is 10.8 Å². The van der Waals surface area contributed by atoms with Crippen molar-refractivity contribution in [1.29, 1.82) is 0 Å². The summed E-state index contributed by atoms with van der Waals surface area (Å²) >= 11 is 0. The van der Waals surface area contributed by atoms with Crippen LogP contribution < -0.4 is 0 Å². The molecule has 0 aliphatic carbocycles. The molecule has 0 amide bonds. The van der Waals surface area contributed by atoms with Gasteiger partial charge in [-0.15, -0.1) is 6.42 Å². The third-order valence-corrected chi connectivity index (χ3v) is 3.58. The quantitative estimate of drug-likeness (QED) is 0.695. The Morgan fingerprint density at radius 2 is 1.45 bits per heavy atom. The van der Waals surface area contributed by atoms with Gasteiger partial charge in [-0.05, 0) is 10.8 Å². The van der Waals surface area contributed by atoms with Crippen molar-refractivity contribution >= 4 is 10.8 Å². The van der Waals surface area contributed by atoms with Gasteiger partial charge >= 0.3 is 0 Å². The first-order chi connectivity index (χ1) is 9.75. The molecule has 1 atom stereocenters. The minimum Gasteiger partial charge on any atom is -0.369 e. The van der Waals surface area contributed by atoms with Gasteiger partial charge in [0.15, 0.2) is 5.60 Å². The Morgan fingerprint density at radius 1 is 0.800 bits per heavy atom. The molecule has 0 heterocycles. The highest BCUT2D eigenvalue weighted by Crippen LogP contribution is 2.33. The second kappa shape index (κ2) is 4.85. The molecular weight excluding hydrogens is 244 g/mol. The van der Waals surface area contributed by atoms with Crippen molar-refractivity contribution in [3.63, 3.8) is 0 Å². The summed E-state index contributed by atoms with van der Waals surface area (Å²) in [6.07, 6.45) is 5.66. The number of benzene rings is 3. The van der Waals surface area contributed by atoms with E-state index in [-0.39, 0.29) is 0 Å². The lowest BCUT2D eigenvalue weighted by Crippen LogP contribution is -2.25. The number of aliphatic hydroxyl groups is 1. The molecule has 1 N–H and O–H groups in total. The molecule has 0 radical (unpaired) electrons. The summed E-state index contributed by atoms with van der Waals surface area (Å²) in [6, 6.07) is 23.1. The van der Waals surface area contributed by atoms with Gasteiger partial charge in [-0.3, -0.25) is 0 Å². The van der Waals surface area contributed by atoms with Crippen molar-refractivity contribution in [2.75, 3.05) is 0 Å². The zero-order chi connectivity index (χ0) is 14.0. The van der Waals surface area contributed by atoms with Crippen LogP contribution in [0.1, 0.15) is 11.1 Å². The number of hydrogen-bond acceptors (Lipinski definition) is 1. The van der Waals surface area contributed by atoms with Crippen molar-refractivity contribution in [3.8, 4) is 12.3 Å². The van der Waals surface area contributed by atoms with Crippen LogP contribution in [-0.2, 0) is 5.60 Å². The van der Waals surface area contributed by atoms with Crippen LogP contribution in [0.4, 0.5) is 0 Å². The van der Waals surface area contributed by atoms with Crippen LogP contribution in [-0.4, -0.2) is 5.11 Å². The summed E-state index contributed by atoms with van der Waals surface area (Å²) in [6.45, 7) is 0. The Labute approximate surface area is 118 Å². The van der Waals surface area contributed by atoms with Crippen LogP contribution in [0.3, 0.4) is 0 Å². The first-order valence-electron chi connectivity index (χ1n) is 6.49. The molecule has 0 aliphatic heterocycles. The van der Waals surface area contributed by atoms with E-state index in [0.717, 1.165) is 16.3 Å². The van der Waals surface area contributed by atoms with Gasteiger partial charge in [0.25, 0.3) is 0 Å². The average Bonchev–Trinajstić information content (AvgIpc) is 2.54. The summed E-state index contributed by atoms with van der Waals surface area (Å²) in [5, 5.41) is 13.1. The van der Waals surface area contributed by atoms with Gasteiger partial charge in [0.2, 0.25) is 0 Å². The average molecular weight is 258 g/mol. The molecule has 0 saturated heterocycles. The van der Waals surface area contributed by atoms with E-state index < -0.39 is 5.60 Å². The van der Waals surface area contributed by atoms with E-state index in [2.05, 4.69) is 5.92 Å². The Morgan fingerprint density at radius 3 is 2.20 bits per heavy atom. The highest BCUT2D eigenvalue weighted by atomic mass is 16.3. The van der Waals surface area contributed by atoms with Gasteiger partial charge in [0.1, 0.15) is 0 Å². The maximum atomic E-state index is 11.0. The van der Waals surface area contributed by atoms with Crippen LogP contribution in [0.2, 0.25) is 0 Å². The first-order valence-corrected chi connectivity index (χ1v) is 6.49. The number of terminal acetylenes is 1. The Kier molecular flexibility index (Phi) is 3.02.